The molecule has 1 heterocycles. The van der Waals surface area contributed by atoms with Crippen LogP contribution < -0.4 is 29.7 Å². The quantitative estimate of drug-likeness (QED) is 0.204. The van der Waals surface area contributed by atoms with E-state index in [9.17, 15) is 0 Å². The lowest BCUT2D eigenvalue weighted by Gasteiger charge is -2.34. The van der Waals surface area contributed by atoms with Gasteiger partial charge in [-0.05, 0) is 37.8 Å². The average Bonchev–Trinajstić information content (AvgIpc) is 2.84. The predicted molar refractivity (Wildman–Crippen MR) is 146 cm³/mol. The lowest BCUT2D eigenvalue weighted by atomic mass is 10.0. The number of piperidine rings is 1. The van der Waals surface area contributed by atoms with Gasteiger partial charge in [-0.2, -0.15) is 0 Å². The Labute approximate surface area is 214 Å². The summed E-state index contributed by atoms with van der Waals surface area (Å²) in [7, 11) is 5.18. The van der Waals surface area contributed by atoms with Crippen LogP contribution in [0.4, 0.5) is 5.69 Å². The molecule has 0 spiro atoms. The van der Waals surface area contributed by atoms with Crippen molar-refractivity contribution < 1.29 is 14.2 Å². The van der Waals surface area contributed by atoms with Gasteiger partial charge < -0.3 is 29.7 Å². The van der Waals surface area contributed by atoms with Crippen molar-refractivity contribution in [3.63, 3.8) is 0 Å². The Morgan fingerprint density at radius 1 is 1.06 bits per heavy atom. The van der Waals surface area contributed by atoms with Gasteiger partial charge in [0.15, 0.2) is 5.96 Å². The highest BCUT2D eigenvalue weighted by Gasteiger charge is 2.21. The van der Waals surface area contributed by atoms with Gasteiger partial charge in [0.1, 0.15) is 17.2 Å². The number of rotatable bonds is 9. The maximum absolute atomic E-state index is 5.87. The van der Waals surface area contributed by atoms with Gasteiger partial charge >= 0.3 is 0 Å². The van der Waals surface area contributed by atoms with Gasteiger partial charge in [0.25, 0.3) is 0 Å². The van der Waals surface area contributed by atoms with Crippen molar-refractivity contribution in [2.24, 2.45) is 4.99 Å². The number of halogens is 1. The van der Waals surface area contributed by atoms with Crippen LogP contribution in [-0.2, 0) is 0 Å². The van der Waals surface area contributed by atoms with Crippen LogP contribution in [0, 0.1) is 6.92 Å². The Bertz CT molecular complexity index is 863. The van der Waals surface area contributed by atoms with Crippen LogP contribution in [-0.4, -0.2) is 59.5 Å². The molecule has 1 saturated heterocycles. The lowest BCUT2D eigenvalue weighted by molar-refractivity contribution is 0.309. The maximum Gasteiger partial charge on any atom is 0.191 e. The molecular weight excluding hydrogens is 531 g/mol. The van der Waals surface area contributed by atoms with Crippen LogP contribution in [0.3, 0.4) is 0 Å². The van der Waals surface area contributed by atoms with E-state index in [4.69, 9.17) is 14.2 Å². The van der Waals surface area contributed by atoms with E-state index in [-0.39, 0.29) is 24.0 Å². The van der Waals surface area contributed by atoms with Gasteiger partial charge in [0, 0.05) is 56.6 Å². The number of ether oxygens (including phenoxy) is 3. The molecule has 0 atom stereocenters. The summed E-state index contributed by atoms with van der Waals surface area (Å²) < 4.78 is 16.7. The second-order valence-corrected chi connectivity index (χ2v) is 7.94. The SMILES string of the molecule is CN=C(NCCCOc1ccccc1C)NC1CCN(c2cc(OC)cc(OC)c2)CC1.I. The molecule has 0 bridgehead atoms. The summed E-state index contributed by atoms with van der Waals surface area (Å²) in [5.41, 5.74) is 2.30. The predicted octanol–water partition coefficient (Wildman–Crippen LogP) is 4.23. The van der Waals surface area contributed by atoms with E-state index in [1.807, 2.05) is 31.3 Å². The number of nitrogens with one attached hydrogen (secondary N) is 2. The van der Waals surface area contributed by atoms with E-state index in [1.165, 1.54) is 0 Å². The van der Waals surface area contributed by atoms with E-state index < -0.39 is 0 Å². The molecule has 1 aliphatic rings. The fourth-order valence-electron chi connectivity index (χ4n) is 3.82. The van der Waals surface area contributed by atoms with Gasteiger partial charge in [-0.25, -0.2) is 0 Å². The molecule has 0 amide bonds. The average molecular weight is 569 g/mol. The number of para-hydroxylation sites is 1. The number of benzene rings is 2. The smallest absolute Gasteiger partial charge is 0.191 e. The molecule has 2 aromatic carbocycles. The summed E-state index contributed by atoms with van der Waals surface area (Å²) in [6.07, 6.45) is 2.98. The van der Waals surface area contributed by atoms with E-state index in [1.54, 1.807) is 14.2 Å². The van der Waals surface area contributed by atoms with Gasteiger partial charge in [-0.1, -0.05) is 18.2 Å². The van der Waals surface area contributed by atoms with E-state index in [0.29, 0.717) is 12.6 Å². The third kappa shape index (κ3) is 8.17. The zero-order valence-electron chi connectivity index (χ0n) is 20.1. The van der Waals surface area contributed by atoms with Gasteiger partial charge in [-0.15, -0.1) is 24.0 Å². The van der Waals surface area contributed by atoms with Crippen LogP contribution in [0.25, 0.3) is 0 Å². The molecular formula is C25H37IN4O3. The molecule has 2 aromatic rings. The molecule has 0 aliphatic carbocycles. The minimum atomic E-state index is 0. The van der Waals surface area contributed by atoms with Gasteiger partial charge in [0.05, 0.1) is 20.8 Å². The minimum absolute atomic E-state index is 0. The van der Waals surface area contributed by atoms with E-state index >= 15 is 0 Å². The standard InChI is InChI=1S/C25H36N4O3.HI/c1-19-8-5-6-9-24(19)32-15-7-12-27-25(26-2)28-20-10-13-29(14-11-20)21-16-22(30-3)18-23(17-21)31-4;/h5-6,8-9,16-18,20H,7,10-15H2,1-4H3,(H2,26,27,28);1H. The zero-order valence-corrected chi connectivity index (χ0v) is 22.4. The Morgan fingerprint density at radius 2 is 1.73 bits per heavy atom. The Hall–Kier alpha value is -2.36. The fraction of sp³-hybridized carbons (Fsp3) is 0.480. The summed E-state index contributed by atoms with van der Waals surface area (Å²) in [5, 5.41) is 6.97. The van der Waals surface area contributed by atoms with Crippen LogP contribution in [0.15, 0.2) is 47.5 Å². The Balaban J connectivity index is 0.00000385. The molecule has 8 heteroatoms. The second kappa shape index (κ2) is 14.0. The normalized spacial score (nSPS) is 14.3. The highest BCUT2D eigenvalue weighted by molar-refractivity contribution is 14.0. The minimum Gasteiger partial charge on any atom is -0.497 e. The summed E-state index contributed by atoms with van der Waals surface area (Å²) in [5.74, 6) is 3.43. The molecule has 1 aliphatic heterocycles. The number of methoxy groups -OCH3 is 2. The number of nitrogens with zero attached hydrogens (tertiary/aromatic N) is 2. The number of guanidine groups is 1. The van der Waals surface area contributed by atoms with Crippen molar-refractivity contribution in [1.82, 2.24) is 10.6 Å². The zero-order chi connectivity index (χ0) is 22.8. The first kappa shape index (κ1) is 26.9. The first-order valence-corrected chi connectivity index (χ1v) is 11.3. The van der Waals surface area contributed by atoms with Crippen molar-refractivity contribution >= 4 is 35.6 Å². The molecule has 182 valence electrons. The molecule has 0 aromatic heterocycles. The van der Waals surface area contributed by atoms with Gasteiger partial charge in [0.2, 0.25) is 0 Å². The third-order valence-electron chi connectivity index (χ3n) is 5.73. The van der Waals surface area contributed by atoms with Crippen molar-refractivity contribution in [1.29, 1.82) is 0 Å². The van der Waals surface area contributed by atoms with Crippen LogP contribution in [0.1, 0.15) is 24.8 Å². The number of aryl methyl sites for hydroxylation is 1. The van der Waals surface area contributed by atoms with Crippen molar-refractivity contribution in [2.75, 3.05) is 52.4 Å². The molecule has 33 heavy (non-hydrogen) atoms. The molecule has 7 nitrogen and oxygen atoms in total. The summed E-state index contributed by atoms with van der Waals surface area (Å²) in [4.78, 5) is 6.76. The number of anilines is 1. The number of hydrogen-bond donors (Lipinski definition) is 2. The second-order valence-electron chi connectivity index (χ2n) is 7.94. The lowest BCUT2D eigenvalue weighted by Crippen LogP contribution is -2.49. The fourth-order valence-corrected chi connectivity index (χ4v) is 3.82. The highest BCUT2D eigenvalue weighted by atomic mass is 127. The Morgan fingerprint density at radius 3 is 2.33 bits per heavy atom. The van der Waals surface area contributed by atoms with E-state index in [2.05, 4.69) is 45.6 Å². The summed E-state index contributed by atoms with van der Waals surface area (Å²) in [6.45, 7) is 5.49. The molecule has 0 saturated carbocycles. The van der Waals surface area contributed by atoms with Crippen LogP contribution >= 0.6 is 24.0 Å². The molecule has 3 rings (SSSR count). The monoisotopic (exact) mass is 568 g/mol. The van der Waals surface area contributed by atoms with Crippen LogP contribution in [0.2, 0.25) is 0 Å². The van der Waals surface area contributed by atoms with Gasteiger partial charge in [-0.3, -0.25) is 4.99 Å². The number of hydrogen-bond acceptors (Lipinski definition) is 5. The first-order chi connectivity index (χ1) is 15.6. The molecule has 1 fully saturated rings. The van der Waals surface area contributed by atoms with Crippen LogP contribution in [0.5, 0.6) is 17.2 Å². The Kier molecular flexibility index (Phi) is 11.4. The van der Waals surface area contributed by atoms with Crippen molar-refractivity contribution in [3.05, 3.63) is 48.0 Å². The molecule has 2 N–H and O–H groups in total. The summed E-state index contributed by atoms with van der Waals surface area (Å²) >= 11 is 0. The molecule has 0 unspecified atom stereocenters. The topological polar surface area (TPSA) is 67.4 Å². The molecule has 0 radical (unpaired) electrons. The summed E-state index contributed by atoms with van der Waals surface area (Å²) in [6, 6.07) is 14.5. The maximum atomic E-state index is 5.87. The third-order valence-corrected chi connectivity index (χ3v) is 5.73. The largest absolute Gasteiger partial charge is 0.497 e. The van der Waals surface area contributed by atoms with Crippen molar-refractivity contribution in [2.45, 2.75) is 32.2 Å². The van der Waals surface area contributed by atoms with Crippen molar-refractivity contribution in [3.8, 4) is 17.2 Å². The highest BCUT2D eigenvalue weighted by Crippen LogP contribution is 2.30. The first-order valence-electron chi connectivity index (χ1n) is 11.3. The van der Waals surface area contributed by atoms with E-state index in [0.717, 1.165) is 73.4 Å². The number of aliphatic imine (C=N–C) groups is 1.